The predicted octanol–water partition coefficient (Wildman–Crippen LogP) is 5.14. The maximum atomic E-state index is 12.5. The van der Waals surface area contributed by atoms with Crippen molar-refractivity contribution in [2.45, 2.75) is 44.6 Å². The van der Waals surface area contributed by atoms with Crippen LogP contribution in [0.1, 0.15) is 54.1 Å². The van der Waals surface area contributed by atoms with Crippen LogP contribution in [0.2, 0.25) is 0 Å². The van der Waals surface area contributed by atoms with Gasteiger partial charge in [-0.25, -0.2) is 0 Å². The molecule has 0 amide bonds. The summed E-state index contributed by atoms with van der Waals surface area (Å²) < 4.78 is 0. The largest absolute Gasteiger partial charge is 0.377 e. The molecular formula is C26H30N2O2. The van der Waals surface area contributed by atoms with Gasteiger partial charge in [-0.2, -0.15) is 0 Å². The first-order chi connectivity index (χ1) is 14.7. The predicted molar refractivity (Wildman–Crippen MR) is 121 cm³/mol. The van der Waals surface area contributed by atoms with E-state index in [0.717, 1.165) is 49.2 Å². The molecule has 1 fully saturated rings. The molecule has 2 aromatic rings. The Morgan fingerprint density at radius 3 is 2.53 bits per heavy atom. The smallest absolute Gasteiger partial charge is 0.187 e. The number of likely N-dealkylation sites (tertiary alicyclic amines) is 1. The lowest BCUT2D eigenvalue weighted by Crippen LogP contribution is -2.42. The van der Waals surface area contributed by atoms with Crippen molar-refractivity contribution < 1.29 is 9.63 Å². The third-order valence-corrected chi connectivity index (χ3v) is 6.00. The van der Waals surface area contributed by atoms with E-state index in [0.29, 0.717) is 0 Å². The summed E-state index contributed by atoms with van der Waals surface area (Å²) >= 11 is 0. The fraction of sp³-hybridized carbons (Fsp3) is 0.346. The minimum Gasteiger partial charge on any atom is -0.377 e. The molecule has 0 radical (unpaired) electrons. The maximum Gasteiger partial charge on any atom is 0.187 e. The van der Waals surface area contributed by atoms with Crippen molar-refractivity contribution in [1.82, 2.24) is 10.4 Å². The standard InChI is InChI=1S/C26H30N2O2/c1-2-3-7-21-10-12-23(13-11-21)25(29)14-17-28-18-15-26(16-19-28)20-24(27-30-26)22-8-5-4-6-9-22/h4-6,8-14,17,20,27H,2-3,7,15-16,18-19H2,1H3. The van der Waals surface area contributed by atoms with Crippen LogP contribution in [0.15, 0.2) is 72.9 Å². The SMILES string of the molecule is CCCCc1ccc(C(=O)C=CN2CCC3(C=C(c4ccccc4)NO3)CC2)cc1. The minimum absolute atomic E-state index is 0.0578. The van der Waals surface area contributed by atoms with Gasteiger partial charge in [0.2, 0.25) is 0 Å². The summed E-state index contributed by atoms with van der Waals surface area (Å²) in [4.78, 5) is 20.7. The monoisotopic (exact) mass is 402 g/mol. The van der Waals surface area contributed by atoms with Crippen LogP contribution in [0.4, 0.5) is 0 Å². The molecule has 0 aromatic heterocycles. The van der Waals surface area contributed by atoms with Crippen LogP contribution in [-0.4, -0.2) is 29.4 Å². The highest BCUT2D eigenvalue weighted by molar-refractivity contribution is 6.04. The number of aryl methyl sites for hydroxylation is 1. The fourth-order valence-corrected chi connectivity index (χ4v) is 4.02. The van der Waals surface area contributed by atoms with Crippen LogP contribution in [-0.2, 0) is 11.3 Å². The molecule has 0 bridgehead atoms. The van der Waals surface area contributed by atoms with Crippen molar-refractivity contribution in [2.24, 2.45) is 0 Å². The third kappa shape index (κ3) is 4.82. The second kappa shape index (κ2) is 9.31. The van der Waals surface area contributed by atoms with Gasteiger partial charge in [-0.3, -0.25) is 15.1 Å². The van der Waals surface area contributed by atoms with Gasteiger partial charge in [0.25, 0.3) is 0 Å². The lowest BCUT2D eigenvalue weighted by Gasteiger charge is -2.36. The molecule has 4 rings (SSSR count). The van der Waals surface area contributed by atoms with Gasteiger partial charge >= 0.3 is 0 Å². The van der Waals surface area contributed by atoms with Gasteiger partial charge in [-0.05, 0) is 30.0 Å². The summed E-state index contributed by atoms with van der Waals surface area (Å²) in [5.74, 6) is 0.0578. The molecule has 156 valence electrons. The Labute approximate surface area is 179 Å². The minimum atomic E-state index is -0.256. The summed E-state index contributed by atoms with van der Waals surface area (Å²) in [7, 11) is 0. The summed E-state index contributed by atoms with van der Waals surface area (Å²) in [6.07, 6.45) is 11.1. The van der Waals surface area contributed by atoms with Crippen molar-refractivity contribution in [3.63, 3.8) is 0 Å². The number of hydroxylamine groups is 1. The third-order valence-electron chi connectivity index (χ3n) is 6.00. The second-order valence-corrected chi connectivity index (χ2v) is 8.21. The molecule has 0 aliphatic carbocycles. The van der Waals surface area contributed by atoms with Gasteiger partial charge in [-0.1, -0.05) is 67.9 Å². The number of rotatable bonds is 7. The molecule has 1 saturated heterocycles. The highest BCUT2D eigenvalue weighted by Crippen LogP contribution is 2.34. The van der Waals surface area contributed by atoms with Crippen LogP contribution < -0.4 is 5.48 Å². The van der Waals surface area contributed by atoms with E-state index < -0.39 is 0 Å². The number of unbranched alkanes of at least 4 members (excludes halogenated alkanes) is 1. The first-order valence-electron chi connectivity index (χ1n) is 11.0. The number of carbonyl (C=O) groups is 1. The van der Waals surface area contributed by atoms with Crippen molar-refractivity contribution in [3.8, 4) is 0 Å². The molecule has 0 unspecified atom stereocenters. The van der Waals surface area contributed by atoms with Gasteiger partial charge in [0, 0.05) is 43.8 Å². The van der Waals surface area contributed by atoms with E-state index in [4.69, 9.17) is 4.84 Å². The van der Waals surface area contributed by atoms with Crippen molar-refractivity contribution in [1.29, 1.82) is 0 Å². The summed E-state index contributed by atoms with van der Waals surface area (Å²) in [5.41, 5.74) is 7.08. The molecular weight excluding hydrogens is 372 g/mol. The molecule has 2 heterocycles. The van der Waals surface area contributed by atoms with Gasteiger partial charge < -0.3 is 4.90 Å². The Morgan fingerprint density at radius 2 is 1.83 bits per heavy atom. The molecule has 4 heteroatoms. The van der Waals surface area contributed by atoms with Gasteiger partial charge in [0.05, 0.1) is 5.70 Å². The molecule has 2 aromatic carbocycles. The van der Waals surface area contributed by atoms with E-state index in [2.05, 4.69) is 47.6 Å². The van der Waals surface area contributed by atoms with Crippen molar-refractivity contribution in [3.05, 3.63) is 89.6 Å². The quantitative estimate of drug-likeness (QED) is 0.515. The maximum absolute atomic E-state index is 12.5. The molecule has 0 saturated carbocycles. The number of piperidine rings is 1. The topological polar surface area (TPSA) is 41.6 Å². The van der Waals surface area contributed by atoms with E-state index in [9.17, 15) is 4.79 Å². The molecule has 4 nitrogen and oxygen atoms in total. The number of nitrogens with zero attached hydrogens (tertiary/aromatic N) is 1. The molecule has 30 heavy (non-hydrogen) atoms. The molecule has 2 aliphatic heterocycles. The Kier molecular flexibility index (Phi) is 6.34. The summed E-state index contributed by atoms with van der Waals surface area (Å²) in [6, 6.07) is 18.3. The summed E-state index contributed by atoms with van der Waals surface area (Å²) in [5, 5.41) is 0. The number of nitrogens with one attached hydrogen (secondary N) is 1. The van der Waals surface area contributed by atoms with Crippen molar-refractivity contribution in [2.75, 3.05) is 13.1 Å². The number of ketones is 1. The molecule has 1 N–H and O–H groups in total. The Hall–Kier alpha value is -2.85. The van der Waals surface area contributed by atoms with Crippen LogP contribution in [0.5, 0.6) is 0 Å². The summed E-state index contributed by atoms with van der Waals surface area (Å²) in [6.45, 7) is 3.92. The van der Waals surface area contributed by atoms with Crippen LogP contribution in [0, 0.1) is 0 Å². The van der Waals surface area contributed by atoms with Gasteiger partial charge in [0.1, 0.15) is 5.60 Å². The lowest BCUT2D eigenvalue weighted by atomic mass is 9.90. The van der Waals surface area contributed by atoms with E-state index in [1.54, 1.807) is 6.08 Å². The Morgan fingerprint density at radius 1 is 1.10 bits per heavy atom. The zero-order chi connectivity index (χ0) is 20.8. The average Bonchev–Trinajstić information content (AvgIpc) is 3.22. The van der Waals surface area contributed by atoms with E-state index in [1.165, 1.54) is 18.4 Å². The first-order valence-corrected chi connectivity index (χ1v) is 11.0. The van der Waals surface area contributed by atoms with Crippen LogP contribution in [0.3, 0.4) is 0 Å². The average molecular weight is 403 g/mol. The van der Waals surface area contributed by atoms with E-state index in [1.807, 2.05) is 36.5 Å². The number of allylic oxidation sites excluding steroid dienone is 1. The second-order valence-electron chi connectivity index (χ2n) is 8.21. The number of benzene rings is 2. The molecule has 1 spiro atoms. The number of carbonyl (C=O) groups excluding carboxylic acids is 1. The highest BCUT2D eigenvalue weighted by atomic mass is 16.7. The lowest BCUT2D eigenvalue weighted by molar-refractivity contribution is -0.0639. The first kappa shape index (κ1) is 20.4. The zero-order valence-corrected chi connectivity index (χ0v) is 17.6. The van der Waals surface area contributed by atoms with Gasteiger partial charge in [0.15, 0.2) is 5.78 Å². The zero-order valence-electron chi connectivity index (χ0n) is 17.6. The fourth-order valence-electron chi connectivity index (χ4n) is 4.02. The van der Waals surface area contributed by atoms with Gasteiger partial charge in [-0.15, -0.1) is 0 Å². The van der Waals surface area contributed by atoms with Crippen LogP contribution >= 0.6 is 0 Å². The van der Waals surface area contributed by atoms with E-state index in [-0.39, 0.29) is 11.4 Å². The number of hydrogen-bond donors (Lipinski definition) is 1. The van der Waals surface area contributed by atoms with Crippen molar-refractivity contribution >= 4 is 11.5 Å². The normalized spacial score (nSPS) is 17.9. The van der Waals surface area contributed by atoms with E-state index >= 15 is 0 Å². The van der Waals surface area contributed by atoms with Crippen LogP contribution in [0.25, 0.3) is 5.70 Å². The molecule has 2 aliphatic rings. The number of hydrogen-bond acceptors (Lipinski definition) is 4. The highest BCUT2D eigenvalue weighted by Gasteiger charge is 2.38. The molecule has 0 atom stereocenters. The Balaban J connectivity index is 1.31. The Bertz CT molecular complexity index is 908.